The number of methoxy groups -OCH3 is 1. The molecule has 0 bridgehead atoms. The molecule has 1 atom stereocenters. The van der Waals surface area contributed by atoms with Crippen molar-refractivity contribution in [3.63, 3.8) is 0 Å². The van der Waals surface area contributed by atoms with Gasteiger partial charge in [-0.1, -0.05) is 12.1 Å². The first-order chi connectivity index (χ1) is 8.79. The van der Waals surface area contributed by atoms with Gasteiger partial charge in [-0.15, -0.1) is 0 Å². The van der Waals surface area contributed by atoms with Crippen LogP contribution in [0.25, 0.3) is 0 Å². The largest absolute Gasteiger partial charge is 0.497 e. The number of rotatable bonds is 5. The van der Waals surface area contributed by atoms with Gasteiger partial charge in [0, 0.05) is 31.2 Å². The molecule has 0 saturated carbocycles. The van der Waals surface area contributed by atoms with Crippen molar-refractivity contribution in [1.29, 1.82) is 0 Å². The van der Waals surface area contributed by atoms with Crippen molar-refractivity contribution in [2.24, 2.45) is 0 Å². The lowest BCUT2D eigenvalue weighted by Gasteiger charge is -2.13. The molecule has 1 aromatic heterocycles. The van der Waals surface area contributed by atoms with Crippen LogP contribution in [-0.2, 0) is 6.54 Å². The molecular weight excluding hydrogens is 226 g/mol. The van der Waals surface area contributed by atoms with Gasteiger partial charge in [-0.05, 0) is 24.6 Å². The Labute approximate surface area is 107 Å². The molecule has 0 aliphatic carbocycles. The standard InChI is InChI=1S/C14H17N3O/c1-11(14-10-15-6-7-16-14)17-9-12-4-3-5-13(8-12)18-2/h3-8,10-11,17H,9H2,1-2H3. The van der Waals surface area contributed by atoms with E-state index in [0.717, 1.165) is 18.0 Å². The van der Waals surface area contributed by atoms with E-state index in [1.807, 2.05) is 18.2 Å². The van der Waals surface area contributed by atoms with E-state index in [9.17, 15) is 0 Å². The monoisotopic (exact) mass is 243 g/mol. The molecule has 0 aliphatic rings. The zero-order chi connectivity index (χ0) is 12.8. The fourth-order valence-corrected chi connectivity index (χ4v) is 1.69. The molecule has 1 aromatic carbocycles. The lowest BCUT2D eigenvalue weighted by molar-refractivity contribution is 0.414. The van der Waals surface area contributed by atoms with Crippen molar-refractivity contribution in [3.05, 3.63) is 54.1 Å². The molecule has 2 rings (SSSR count). The van der Waals surface area contributed by atoms with Crippen LogP contribution in [0.15, 0.2) is 42.9 Å². The summed E-state index contributed by atoms with van der Waals surface area (Å²) in [4.78, 5) is 8.34. The molecule has 4 heteroatoms. The zero-order valence-electron chi connectivity index (χ0n) is 10.6. The fourth-order valence-electron chi connectivity index (χ4n) is 1.69. The highest BCUT2D eigenvalue weighted by molar-refractivity contribution is 5.28. The molecule has 0 amide bonds. The predicted octanol–water partition coefficient (Wildman–Crippen LogP) is 2.34. The second-order valence-electron chi connectivity index (χ2n) is 4.08. The SMILES string of the molecule is COc1cccc(CNC(C)c2cnccn2)c1. The quantitative estimate of drug-likeness (QED) is 0.875. The Kier molecular flexibility index (Phi) is 4.25. The Hall–Kier alpha value is -1.94. The first-order valence-electron chi connectivity index (χ1n) is 5.92. The van der Waals surface area contributed by atoms with Gasteiger partial charge < -0.3 is 10.1 Å². The number of aromatic nitrogens is 2. The third-order valence-electron chi connectivity index (χ3n) is 2.77. The molecule has 2 aromatic rings. The highest BCUT2D eigenvalue weighted by atomic mass is 16.5. The minimum atomic E-state index is 0.171. The second kappa shape index (κ2) is 6.12. The molecule has 0 saturated heterocycles. The van der Waals surface area contributed by atoms with Crippen LogP contribution in [0.3, 0.4) is 0 Å². The molecule has 1 heterocycles. The van der Waals surface area contributed by atoms with Crippen molar-refractivity contribution in [2.45, 2.75) is 19.5 Å². The third kappa shape index (κ3) is 3.28. The van der Waals surface area contributed by atoms with Crippen molar-refractivity contribution in [1.82, 2.24) is 15.3 Å². The van der Waals surface area contributed by atoms with Crippen LogP contribution in [0.2, 0.25) is 0 Å². The number of hydrogen-bond acceptors (Lipinski definition) is 4. The number of ether oxygens (including phenoxy) is 1. The van der Waals surface area contributed by atoms with Crippen molar-refractivity contribution < 1.29 is 4.74 Å². The maximum absolute atomic E-state index is 5.20. The van der Waals surface area contributed by atoms with Gasteiger partial charge in [-0.2, -0.15) is 0 Å². The van der Waals surface area contributed by atoms with E-state index < -0.39 is 0 Å². The molecule has 0 spiro atoms. The number of benzene rings is 1. The summed E-state index contributed by atoms with van der Waals surface area (Å²) in [5.74, 6) is 0.876. The molecular formula is C14H17N3O. The van der Waals surface area contributed by atoms with Crippen LogP contribution in [0.1, 0.15) is 24.2 Å². The van der Waals surface area contributed by atoms with Gasteiger partial charge in [0.2, 0.25) is 0 Å². The maximum atomic E-state index is 5.20. The van der Waals surface area contributed by atoms with E-state index in [4.69, 9.17) is 4.74 Å². The minimum absolute atomic E-state index is 0.171. The normalized spacial score (nSPS) is 12.1. The molecule has 0 radical (unpaired) electrons. The van der Waals surface area contributed by atoms with Crippen LogP contribution in [0.4, 0.5) is 0 Å². The summed E-state index contributed by atoms with van der Waals surface area (Å²) in [7, 11) is 1.68. The first kappa shape index (κ1) is 12.5. The lowest BCUT2D eigenvalue weighted by Crippen LogP contribution is -2.19. The molecule has 0 fully saturated rings. The van der Waals surface area contributed by atoms with E-state index >= 15 is 0 Å². The van der Waals surface area contributed by atoms with Crippen LogP contribution in [0.5, 0.6) is 5.75 Å². The summed E-state index contributed by atoms with van der Waals surface area (Å²) in [6.45, 7) is 2.85. The fraction of sp³-hybridized carbons (Fsp3) is 0.286. The Morgan fingerprint density at radius 1 is 1.33 bits per heavy atom. The Bertz CT molecular complexity index is 487. The van der Waals surface area contributed by atoms with Crippen LogP contribution >= 0.6 is 0 Å². The highest BCUT2D eigenvalue weighted by Gasteiger charge is 2.06. The van der Waals surface area contributed by atoms with E-state index in [0.29, 0.717) is 0 Å². The average molecular weight is 243 g/mol. The van der Waals surface area contributed by atoms with Gasteiger partial charge in [-0.3, -0.25) is 9.97 Å². The molecule has 1 unspecified atom stereocenters. The predicted molar refractivity (Wildman–Crippen MR) is 70.3 cm³/mol. The maximum Gasteiger partial charge on any atom is 0.119 e. The summed E-state index contributed by atoms with van der Waals surface area (Å²) < 4.78 is 5.20. The summed E-state index contributed by atoms with van der Waals surface area (Å²) in [5, 5.41) is 3.41. The number of nitrogens with zero attached hydrogens (tertiary/aromatic N) is 2. The number of hydrogen-bond donors (Lipinski definition) is 1. The molecule has 0 aliphatic heterocycles. The summed E-state index contributed by atoms with van der Waals surface area (Å²) in [5.41, 5.74) is 2.13. The highest BCUT2D eigenvalue weighted by Crippen LogP contribution is 2.14. The smallest absolute Gasteiger partial charge is 0.119 e. The number of nitrogens with one attached hydrogen (secondary N) is 1. The van der Waals surface area contributed by atoms with Crippen molar-refractivity contribution in [3.8, 4) is 5.75 Å². The van der Waals surface area contributed by atoms with E-state index in [1.54, 1.807) is 25.7 Å². The minimum Gasteiger partial charge on any atom is -0.497 e. The summed E-state index contributed by atoms with van der Waals surface area (Å²) in [6.07, 6.45) is 5.17. The van der Waals surface area contributed by atoms with E-state index in [-0.39, 0.29) is 6.04 Å². The van der Waals surface area contributed by atoms with Gasteiger partial charge in [-0.25, -0.2) is 0 Å². The van der Waals surface area contributed by atoms with Crippen molar-refractivity contribution >= 4 is 0 Å². The van der Waals surface area contributed by atoms with E-state index in [2.05, 4.69) is 28.3 Å². The van der Waals surface area contributed by atoms with Gasteiger partial charge in [0.15, 0.2) is 0 Å². The van der Waals surface area contributed by atoms with Crippen molar-refractivity contribution in [2.75, 3.05) is 7.11 Å². The lowest BCUT2D eigenvalue weighted by atomic mass is 10.2. The topological polar surface area (TPSA) is 47.0 Å². The first-order valence-corrected chi connectivity index (χ1v) is 5.92. The zero-order valence-corrected chi connectivity index (χ0v) is 10.6. The molecule has 18 heavy (non-hydrogen) atoms. The third-order valence-corrected chi connectivity index (χ3v) is 2.77. The summed E-state index contributed by atoms with van der Waals surface area (Å²) >= 11 is 0. The van der Waals surface area contributed by atoms with E-state index in [1.165, 1.54) is 5.56 Å². The Morgan fingerprint density at radius 2 is 2.22 bits per heavy atom. The van der Waals surface area contributed by atoms with Crippen LogP contribution < -0.4 is 10.1 Å². The molecule has 4 nitrogen and oxygen atoms in total. The van der Waals surface area contributed by atoms with Crippen LogP contribution in [0, 0.1) is 0 Å². The Balaban J connectivity index is 1.95. The van der Waals surface area contributed by atoms with Crippen LogP contribution in [-0.4, -0.2) is 17.1 Å². The Morgan fingerprint density at radius 3 is 2.94 bits per heavy atom. The van der Waals surface area contributed by atoms with Gasteiger partial charge >= 0.3 is 0 Å². The van der Waals surface area contributed by atoms with Gasteiger partial charge in [0.05, 0.1) is 12.8 Å². The average Bonchev–Trinajstić information content (AvgIpc) is 2.46. The van der Waals surface area contributed by atoms with Gasteiger partial charge in [0.1, 0.15) is 5.75 Å². The second-order valence-corrected chi connectivity index (χ2v) is 4.08. The molecule has 1 N–H and O–H groups in total. The van der Waals surface area contributed by atoms with Gasteiger partial charge in [0.25, 0.3) is 0 Å². The molecule has 94 valence electrons. The summed E-state index contributed by atoms with van der Waals surface area (Å²) in [6, 6.07) is 8.19.